The molecule has 106 valence electrons. The molecule has 0 amide bonds. The minimum Gasteiger partial charge on any atom is -0.862 e. The van der Waals surface area contributed by atoms with Gasteiger partial charge in [0, 0.05) is 5.56 Å². The number of hydrogen-bond acceptors (Lipinski definition) is 6. The maximum Gasteiger partial charge on any atom is 0.325 e. The van der Waals surface area contributed by atoms with Crippen LogP contribution in [0.5, 0.6) is 5.75 Å². The third-order valence-electron chi connectivity index (χ3n) is 2.73. The molecule has 0 aliphatic carbocycles. The number of rotatable bonds is 5. The van der Waals surface area contributed by atoms with Crippen molar-refractivity contribution >= 4 is 11.8 Å². The topological polar surface area (TPSA) is 101 Å². The van der Waals surface area contributed by atoms with Gasteiger partial charge in [-0.05, 0) is 41.8 Å². The smallest absolute Gasteiger partial charge is 0.325 e. The molecular formula is C13H16N4O3. The van der Waals surface area contributed by atoms with Gasteiger partial charge in [0.15, 0.2) is 0 Å². The van der Waals surface area contributed by atoms with Crippen LogP contribution < -0.4 is 20.3 Å². The van der Waals surface area contributed by atoms with E-state index in [2.05, 4.69) is 10.3 Å². The summed E-state index contributed by atoms with van der Waals surface area (Å²) in [5, 5.41) is 14.9. The van der Waals surface area contributed by atoms with Gasteiger partial charge in [-0.25, -0.2) is 4.99 Å². The van der Waals surface area contributed by atoms with Crippen LogP contribution in [-0.4, -0.2) is 18.3 Å². The molecule has 0 unspecified atom stereocenters. The number of methoxy groups -OCH3 is 1. The summed E-state index contributed by atoms with van der Waals surface area (Å²) in [7, 11) is 1.61. The molecule has 0 aliphatic rings. The van der Waals surface area contributed by atoms with E-state index in [1.165, 1.54) is 6.92 Å². The van der Waals surface area contributed by atoms with Crippen LogP contribution in [0.4, 0.5) is 5.88 Å². The number of aromatic nitrogens is 2. The Morgan fingerprint density at radius 2 is 2.15 bits per heavy atom. The van der Waals surface area contributed by atoms with Crippen LogP contribution in [0.2, 0.25) is 0 Å². The Bertz CT molecular complexity index is 601. The third kappa shape index (κ3) is 3.12. The van der Waals surface area contributed by atoms with Gasteiger partial charge in [-0.3, -0.25) is 4.52 Å². The van der Waals surface area contributed by atoms with E-state index in [4.69, 9.17) is 15.0 Å². The molecule has 7 nitrogen and oxygen atoms in total. The van der Waals surface area contributed by atoms with Crippen LogP contribution in [0.1, 0.15) is 18.2 Å². The Kier molecular flexibility index (Phi) is 4.31. The molecule has 7 heteroatoms. The summed E-state index contributed by atoms with van der Waals surface area (Å²) >= 11 is 0. The molecule has 0 atom stereocenters. The highest BCUT2D eigenvalue weighted by Crippen LogP contribution is 2.15. The van der Waals surface area contributed by atoms with E-state index in [1.54, 1.807) is 11.8 Å². The largest absolute Gasteiger partial charge is 0.862 e. The number of nitrogens with zero attached hydrogens (tertiary/aromatic N) is 3. The highest BCUT2D eigenvalue weighted by molar-refractivity contribution is 5.71. The van der Waals surface area contributed by atoms with Crippen LogP contribution in [-0.2, 0) is 13.1 Å². The van der Waals surface area contributed by atoms with E-state index < -0.39 is 0 Å². The normalized spacial score (nSPS) is 11.7. The Hall–Kier alpha value is -2.41. The van der Waals surface area contributed by atoms with E-state index in [0.29, 0.717) is 12.2 Å². The predicted molar refractivity (Wildman–Crippen MR) is 69.5 cm³/mol. The summed E-state index contributed by atoms with van der Waals surface area (Å²) < 4.78 is 11.7. The zero-order valence-electron chi connectivity index (χ0n) is 11.4. The third-order valence-corrected chi connectivity index (χ3v) is 2.73. The van der Waals surface area contributed by atoms with Crippen molar-refractivity contribution in [1.29, 1.82) is 0 Å². The molecule has 0 radical (unpaired) electrons. The molecule has 1 aromatic heterocycles. The Morgan fingerprint density at radius 3 is 2.70 bits per heavy atom. The molecular weight excluding hydrogens is 260 g/mol. The molecule has 0 fully saturated rings. The number of benzene rings is 1. The lowest BCUT2D eigenvalue weighted by Gasteiger charge is -2.00. The van der Waals surface area contributed by atoms with Crippen molar-refractivity contribution in [3.63, 3.8) is 0 Å². The lowest BCUT2D eigenvalue weighted by atomic mass is 10.2. The second kappa shape index (κ2) is 6.16. The Morgan fingerprint density at radius 1 is 1.45 bits per heavy atom. The summed E-state index contributed by atoms with van der Waals surface area (Å²) in [5.41, 5.74) is 7.25. The maximum atomic E-state index is 11.0. The van der Waals surface area contributed by atoms with Gasteiger partial charge in [0.1, 0.15) is 5.75 Å². The first kappa shape index (κ1) is 14.0. The van der Waals surface area contributed by atoms with Gasteiger partial charge in [0.2, 0.25) is 11.8 Å². The second-order valence-electron chi connectivity index (χ2n) is 4.17. The average molecular weight is 276 g/mol. The molecule has 0 saturated heterocycles. The van der Waals surface area contributed by atoms with E-state index in [1.807, 2.05) is 24.3 Å². The Labute approximate surface area is 116 Å². The number of hydrogen-bond donors (Lipinski definition) is 1. The Balaban J connectivity index is 2.24. The standard InChI is InChI=1S/C13H16N4O3/c1-9(18)15-13-12(7-14)17(16-20-13)8-10-3-5-11(19-2)6-4-10/h3-6H,7-8,14H2,1-2H3. The first-order valence-electron chi connectivity index (χ1n) is 6.08. The fourth-order valence-electron chi connectivity index (χ4n) is 1.75. The van der Waals surface area contributed by atoms with Gasteiger partial charge >= 0.3 is 5.88 Å². The zero-order valence-corrected chi connectivity index (χ0v) is 11.4. The lowest BCUT2D eigenvalue weighted by Crippen LogP contribution is -2.40. The number of nitrogens with two attached hydrogens (primary N) is 1. The van der Waals surface area contributed by atoms with Gasteiger partial charge in [-0.15, -0.1) is 0 Å². The van der Waals surface area contributed by atoms with Crippen molar-refractivity contribution in [2.75, 3.05) is 7.11 Å². The summed E-state index contributed by atoms with van der Waals surface area (Å²) in [5.74, 6) is 0.589. The van der Waals surface area contributed by atoms with Gasteiger partial charge in [0.05, 0.1) is 13.7 Å². The van der Waals surface area contributed by atoms with Crippen molar-refractivity contribution in [2.45, 2.75) is 20.0 Å². The first-order chi connectivity index (χ1) is 9.63. The van der Waals surface area contributed by atoms with Crippen molar-refractivity contribution in [1.82, 2.24) is 5.27 Å². The van der Waals surface area contributed by atoms with Crippen LogP contribution in [0.15, 0.2) is 33.8 Å². The average Bonchev–Trinajstić information content (AvgIpc) is 2.80. The van der Waals surface area contributed by atoms with Crippen molar-refractivity contribution in [2.24, 2.45) is 10.7 Å². The van der Waals surface area contributed by atoms with E-state index in [0.717, 1.165) is 11.3 Å². The highest BCUT2D eigenvalue weighted by Gasteiger charge is 2.22. The minimum atomic E-state index is -0.354. The fourth-order valence-corrected chi connectivity index (χ4v) is 1.75. The molecule has 2 rings (SSSR count). The van der Waals surface area contributed by atoms with Gasteiger partial charge in [-0.2, -0.15) is 0 Å². The molecule has 0 saturated carbocycles. The molecule has 1 heterocycles. The molecule has 2 aromatic rings. The summed E-state index contributed by atoms with van der Waals surface area (Å²) in [4.78, 5) is 3.73. The molecule has 0 aliphatic heterocycles. The molecule has 1 aromatic carbocycles. The van der Waals surface area contributed by atoms with Gasteiger partial charge < -0.3 is 15.6 Å². The summed E-state index contributed by atoms with van der Waals surface area (Å²) in [6.45, 7) is 2.01. The van der Waals surface area contributed by atoms with Crippen LogP contribution in [0, 0.1) is 0 Å². The quantitative estimate of drug-likeness (QED) is 0.466. The van der Waals surface area contributed by atoms with E-state index in [-0.39, 0.29) is 18.3 Å². The highest BCUT2D eigenvalue weighted by atomic mass is 16.5. The maximum absolute atomic E-state index is 11.0. The lowest BCUT2D eigenvalue weighted by molar-refractivity contribution is -0.760. The van der Waals surface area contributed by atoms with E-state index >= 15 is 0 Å². The SMILES string of the molecule is COc1ccc(C[n+]2noc(/N=C(/C)[O-])c2CN)cc1. The minimum absolute atomic E-state index is 0.161. The van der Waals surface area contributed by atoms with E-state index in [9.17, 15) is 5.11 Å². The molecule has 0 bridgehead atoms. The monoisotopic (exact) mass is 276 g/mol. The number of ether oxygens (including phenoxy) is 1. The first-order valence-corrected chi connectivity index (χ1v) is 6.08. The van der Waals surface area contributed by atoms with Crippen molar-refractivity contribution in [3.8, 4) is 5.75 Å². The second-order valence-corrected chi connectivity index (χ2v) is 4.17. The fraction of sp³-hybridized carbons (Fsp3) is 0.308. The zero-order chi connectivity index (χ0) is 14.5. The summed E-state index contributed by atoms with van der Waals surface area (Å²) in [6, 6.07) is 7.56. The predicted octanol–water partition coefficient (Wildman–Crippen LogP) is -0.112. The van der Waals surface area contributed by atoms with Crippen LogP contribution >= 0.6 is 0 Å². The molecule has 0 spiro atoms. The van der Waals surface area contributed by atoms with Gasteiger partial charge in [-0.1, -0.05) is 0 Å². The van der Waals surface area contributed by atoms with Crippen molar-refractivity contribution < 1.29 is 19.0 Å². The molecule has 20 heavy (non-hydrogen) atoms. The van der Waals surface area contributed by atoms with Crippen LogP contribution in [0.25, 0.3) is 0 Å². The number of aliphatic imine (C=N–C) groups is 1. The van der Waals surface area contributed by atoms with Gasteiger partial charge in [0.25, 0.3) is 5.69 Å². The molecule has 2 N–H and O–H groups in total. The van der Waals surface area contributed by atoms with Crippen LogP contribution in [0.3, 0.4) is 0 Å². The summed E-state index contributed by atoms with van der Waals surface area (Å²) in [6.07, 6.45) is 0. The van der Waals surface area contributed by atoms with Crippen molar-refractivity contribution in [3.05, 3.63) is 35.5 Å².